The Morgan fingerprint density at radius 3 is 2.40 bits per heavy atom. The second-order valence-electron chi connectivity index (χ2n) is 4.78. The summed E-state index contributed by atoms with van der Waals surface area (Å²) in [4.78, 5) is 2.41. The first-order chi connectivity index (χ1) is 9.74. The molecular weight excluding hydrogens is 276 g/mol. The van der Waals surface area contributed by atoms with Crippen molar-refractivity contribution in [2.24, 2.45) is 0 Å². The molecule has 0 unspecified atom stereocenters. The number of benzene rings is 1. The van der Waals surface area contributed by atoms with E-state index in [2.05, 4.69) is 10.2 Å². The smallest absolute Gasteiger partial charge is 0.141 e. The molecule has 1 aromatic rings. The molecule has 1 saturated heterocycles. The van der Waals surface area contributed by atoms with E-state index < -0.39 is 0 Å². The summed E-state index contributed by atoms with van der Waals surface area (Å²) in [6, 6.07) is 3.88. The Labute approximate surface area is 126 Å². The van der Waals surface area contributed by atoms with Gasteiger partial charge in [0.05, 0.1) is 18.2 Å². The van der Waals surface area contributed by atoms with Crippen LogP contribution >= 0.6 is 11.6 Å². The van der Waals surface area contributed by atoms with Gasteiger partial charge in [-0.25, -0.2) is 0 Å². The molecule has 0 bridgehead atoms. The molecule has 112 valence electrons. The van der Waals surface area contributed by atoms with E-state index in [1.807, 2.05) is 26.0 Å². The van der Waals surface area contributed by atoms with Crippen LogP contribution in [0.2, 0.25) is 5.02 Å². The van der Waals surface area contributed by atoms with Crippen molar-refractivity contribution in [2.45, 2.75) is 20.4 Å². The summed E-state index contributed by atoms with van der Waals surface area (Å²) in [6.07, 6.45) is 0. The van der Waals surface area contributed by atoms with Gasteiger partial charge < -0.3 is 14.8 Å². The molecule has 20 heavy (non-hydrogen) atoms. The number of nitrogens with one attached hydrogen (secondary N) is 1. The minimum atomic E-state index is 0.600. The number of halogens is 1. The molecule has 1 aliphatic rings. The van der Waals surface area contributed by atoms with Crippen molar-refractivity contribution in [3.8, 4) is 11.5 Å². The third-order valence-electron chi connectivity index (χ3n) is 3.32. The van der Waals surface area contributed by atoms with E-state index >= 15 is 0 Å². The molecular formula is C15H23ClN2O2. The summed E-state index contributed by atoms with van der Waals surface area (Å²) >= 11 is 6.29. The fourth-order valence-electron chi connectivity index (χ4n) is 2.37. The lowest BCUT2D eigenvalue weighted by Crippen LogP contribution is -2.42. The summed E-state index contributed by atoms with van der Waals surface area (Å²) < 4.78 is 11.3. The zero-order valence-electron chi connectivity index (χ0n) is 12.2. The van der Waals surface area contributed by atoms with Crippen LogP contribution in [-0.2, 0) is 6.54 Å². The highest BCUT2D eigenvalue weighted by Gasteiger charge is 2.15. The molecule has 1 N–H and O–H groups in total. The van der Waals surface area contributed by atoms with E-state index in [1.165, 1.54) is 0 Å². The molecule has 2 rings (SSSR count). The number of nitrogens with zero attached hydrogens (tertiary/aromatic N) is 1. The van der Waals surface area contributed by atoms with Gasteiger partial charge in [0, 0.05) is 44.4 Å². The van der Waals surface area contributed by atoms with Gasteiger partial charge in [-0.1, -0.05) is 11.6 Å². The van der Waals surface area contributed by atoms with E-state index in [4.69, 9.17) is 21.1 Å². The first-order valence-electron chi connectivity index (χ1n) is 7.25. The maximum atomic E-state index is 6.29. The van der Waals surface area contributed by atoms with Crippen molar-refractivity contribution in [1.29, 1.82) is 0 Å². The fourth-order valence-corrected chi connectivity index (χ4v) is 2.61. The van der Waals surface area contributed by atoms with Crippen LogP contribution in [0.3, 0.4) is 0 Å². The quantitative estimate of drug-likeness (QED) is 0.875. The van der Waals surface area contributed by atoms with Crippen molar-refractivity contribution in [2.75, 3.05) is 39.4 Å². The Morgan fingerprint density at radius 2 is 1.75 bits per heavy atom. The molecule has 0 amide bonds. The number of rotatable bonds is 6. The maximum Gasteiger partial charge on any atom is 0.141 e. The van der Waals surface area contributed by atoms with Gasteiger partial charge in [0.25, 0.3) is 0 Å². The second kappa shape index (κ2) is 7.72. The van der Waals surface area contributed by atoms with Crippen LogP contribution < -0.4 is 14.8 Å². The summed E-state index contributed by atoms with van der Waals surface area (Å²) in [5, 5.41) is 4.01. The molecule has 0 radical (unpaired) electrons. The summed E-state index contributed by atoms with van der Waals surface area (Å²) in [5.41, 5.74) is 1.13. The topological polar surface area (TPSA) is 33.7 Å². The summed E-state index contributed by atoms with van der Waals surface area (Å²) in [7, 11) is 0. The van der Waals surface area contributed by atoms with Gasteiger partial charge in [-0.05, 0) is 19.9 Å². The average molecular weight is 299 g/mol. The molecule has 0 saturated carbocycles. The van der Waals surface area contributed by atoms with Gasteiger partial charge in [-0.2, -0.15) is 0 Å². The number of ether oxygens (including phenoxy) is 2. The first-order valence-corrected chi connectivity index (χ1v) is 7.63. The highest BCUT2D eigenvalue weighted by Crippen LogP contribution is 2.33. The molecule has 0 aliphatic carbocycles. The Bertz CT molecular complexity index is 434. The molecule has 0 spiro atoms. The molecule has 0 aromatic heterocycles. The number of hydrogen-bond donors (Lipinski definition) is 1. The molecule has 4 nitrogen and oxygen atoms in total. The number of hydrogen-bond acceptors (Lipinski definition) is 4. The highest BCUT2D eigenvalue weighted by atomic mass is 35.5. The van der Waals surface area contributed by atoms with Crippen LogP contribution in [0.1, 0.15) is 19.4 Å². The Morgan fingerprint density at radius 1 is 1.10 bits per heavy atom. The molecule has 5 heteroatoms. The van der Waals surface area contributed by atoms with Gasteiger partial charge in [-0.15, -0.1) is 0 Å². The van der Waals surface area contributed by atoms with Crippen molar-refractivity contribution >= 4 is 11.6 Å². The van der Waals surface area contributed by atoms with Crippen LogP contribution in [0, 0.1) is 0 Å². The van der Waals surface area contributed by atoms with Gasteiger partial charge in [0.2, 0.25) is 0 Å². The van der Waals surface area contributed by atoms with Crippen molar-refractivity contribution in [3.05, 3.63) is 22.7 Å². The standard InChI is InChI=1S/C15H23ClN2O2/c1-3-19-14-10-15(20-4-2)13(16)9-12(14)11-18-7-5-17-6-8-18/h9-10,17H,3-8,11H2,1-2H3. The zero-order chi connectivity index (χ0) is 14.4. The van der Waals surface area contributed by atoms with Crippen molar-refractivity contribution in [3.63, 3.8) is 0 Å². The molecule has 1 aliphatic heterocycles. The van der Waals surface area contributed by atoms with Gasteiger partial charge in [0.15, 0.2) is 0 Å². The predicted octanol–water partition coefficient (Wildman–Crippen LogP) is 2.54. The van der Waals surface area contributed by atoms with Crippen LogP contribution in [-0.4, -0.2) is 44.3 Å². The first kappa shape index (κ1) is 15.4. The molecule has 0 atom stereocenters. The van der Waals surface area contributed by atoms with Crippen molar-refractivity contribution < 1.29 is 9.47 Å². The third-order valence-corrected chi connectivity index (χ3v) is 3.61. The Balaban J connectivity index is 2.18. The van der Waals surface area contributed by atoms with Gasteiger partial charge in [-0.3, -0.25) is 4.90 Å². The Hall–Kier alpha value is -0.970. The lowest BCUT2D eigenvalue weighted by molar-refractivity contribution is 0.228. The zero-order valence-corrected chi connectivity index (χ0v) is 13.0. The monoisotopic (exact) mass is 298 g/mol. The average Bonchev–Trinajstić information content (AvgIpc) is 2.45. The van der Waals surface area contributed by atoms with Gasteiger partial charge >= 0.3 is 0 Å². The highest BCUT2D eigenvalue weighted by molar-refractivity contribution is 6.32. The second-order valence-corrected chi connectivity index (χ2v) is 5.19. The Kier molecular flexibility index (Phi) is 5.95. The SMILES string of the molecule is CCOc1cc(OCC)c(CN2CCNCC2)cc1Cl. The molecule has 1 heterocycles. The van der Waals surface area contributed by atoms with Gasteiger partial charge in [0.1, 0.15) is 11.5 Å². The lowest BCUT2D eigenvalue weighted by atomic mass is 10.1. The minimum absolute atomic E-state index is 0.600. The third kappa shape index (κ3) is 4.01. The van der Waals surface area contributed by atoms with E-state index in [1.54, 1.807) is 0 Å². The van der Waals surface area contributed by atoms with Crippen LogP contribution in [0.25, 0.3) is 0 Å². The van der Waals surface area contributed by atoms with E-state index in [-0.39, 0.29) is 0 Å². The lowest BCUT2D eigenvalue weighted by Gasteiger charge is -2.28. The predicted molar refractivity (Wildman–Crippen MR) is 81.9 cm³/mol. The van der Waals surface area contributed by atoms with E-state index in [9.17, 15) is 0 Å². The number of piperazine rings is 1. The largest absolute Gasteiger partial charge is 0.493 e. The molecule has 1 aromatic carbocycles. The van der Waals surface area contributed by atoms with Crippen molar-refractivity contribution in [1.82, 2.24) is 10.2 Å². The normalized spacial score (nSPS) is 16.1. The van der Waals surface area contributed by atoms with Crippen LogP contribution in [0.4, 0.5) is 0 Å². The summed E-state index contributed by atoms with van der Waals surface area (Å²) in [6.45, 7) is 10.2. The van der Waals surface area contributed by atoms with Crippen LogP contribution in [0.15, 0.2) is 12.1 Å². The van der Waals surface area contributed by atoms with Crippen LogP contribution in [0.5, 0.6) is 11.5 Å². The molecule has 1 fully saturated rings. The maximum absolute atomic E-state index is 6.29. The minimum Gasteiger partial charge on any atom is -0.493 e. The summed E-state index contributed by atoms with van der Waals surface area (Å²) in [5.74, 6) is 1.57. The fraction of sp³-hybridized carbons (Fsp3) is 0.600. The van der Waals surface area contributed by atoms with E-state index in [0.717, 1.165) is 44.0 Å². The van der Waals surface area contributed by atoms with E-state index in [0.29, 0.717) is 24.0 Å².